The van der Waals surface area contributed by atoms with Crippen molar-refractivity contribution in [2.75, 3.05) is 6.61 Å². The van der Waals surface area contributed by atoms with Gasteiger partial charge in [-0.3, -0.25) is 0 Å². The lowest BCUT2D eigenvalue weighted by Crippen LogP contribution is -2.13. The van der Waals surface area contributed by atoms with E-state index in [1.54, 1.807) is 0 Å². The van der Waals surface area contributed by atoms with Crippen LogP contribution in [0.3, 0.4) is 0 Å². The quantitative estimate of drug-likeness (QED) is 0.763. The minimum Gasteiger partial charge on any atom is -0.464 e. The van der Waals surface area contributed by atoms with Gasteiger partial charge in [-0.1, -0.05) is 36.4 Å². The number of hydrogen-bond acceptors (Lipinski definition) is 2. The Morgan fingerprint density at radius 2 is 1.94 bits per heavy atom. The van der Waals surface area contributed by atoms with E-state index in [1.807, 2.05) is 24.3 Å². The third-order valence-electron chi connectivity index (χ3n) is 2.90. The second-order valence-electron chi connectivity index (χ2n) is 4.04. The van der Waals surface area contributed by atoms with Crippen LogP contribution in [0.25, 0.3) is 10.8 Å². The topological polar surface area (TPSA) is 18.5 Å². The van der Waals surface area contributed by atoms with Crippen molar-refractivity contribution in [2.24, 2.45) is 0 Å². The van der Waals surface area contributed by atoms with Gasteiger partial charge in [0.15, 0.2) is 6.29 Å². The summed E-state index contributed by atoms with van der Waals surface area (Å²) in [4.78, 5) is 0. The maximum Gasteiger partial charge on any atom is 0.199 e. The molecule has 0 aliphatic carbocycles. The van der Waals surface area contributed by atoms with Crippen LogP contribution in [0.4, 0.5) is 0 Å². The average molecular weight is 214 g/mol. The van der Waals surface area contributed by atoms with Gasteiger partial charge in [-0.15, -0.1) is 0 Å². The molecule has 3 rings (SSSR count). The zero-order valence-corrected chi connectivity index (χ0v) is 9.06. The third-order valence-corrected chi connectivity index (χ3v) is 2.90. The normalized spacial score (nSPS) is 20.1. The molecule has 1 aliphatic rings. The van der Waals surface area contributed by atoms with Gasteiger partial charge >= 0.3 is 0 Å². The van der Waals surface area contributed by atoms with Gasteiger partial charge < -0.3 is 9.47 Å². The Bertz CT molecular complexity index is 482. The van der Waals surface area contributed by atoms with Crippen molar-refractivity contribution >= 4 is 10.8 Å². The van der Waals surface area contributed by atoms with Gasteiger partial charge in [0, 0.05) is 11.8 Å². The zero-order valence-electron chi connectivity index (χ0n) is 9.06. The van der Waals surface area contributed by atoms with Crippen LogP contribution in [0.15, 0.2) is 42.5 Å². The summed E-state index contributed by atoms with van der Waals surface area (Å²) >= 11 is 0. The van der Waals surface area contributed by atoms with Gasteiger partial charge in [0.2, 0.25) is 0 Å². The first-order valence-electron chi connectivity index (χ1n) is 5.69. The molecule has 1 aliphatic heterocycles. The summed E-state index contributed by atoms with van der Waals surface area (Å²) in [7, 11) is 0. The molecule has 0 bridgehead atoms. The van der Waals surface area contributed by atoms with Crippen LogP contribution >= 0.6 is 0 Å². The predicted molar refractivity (Wildman–Crippen MR) is 63.6 cm³/mol. The van der Waals surface area contributed by atoms with Gasteiger partial charge in [-0.2, -0.15) is 0 Å². The number of hydrogen-bond donors (Lipinski definition) is 0. The van der Waals surface area contributed by atoms with Crippen molar-refractivity contribution < 1.29 is 9.47 Å². The molecule has 0 spiro atoms. The highest BCUT2D eigenvalue weighted by molar-refractivity contribution is 5.88. The molecule has 1 fully saturated rings. The van der Waals surface area contributed by atoms with E-state index in [2.05, 4.69) is 18.2 Å². The summed E-state index contributed by atoms with van der Waals surface area (Å²) in [6, 6.07) is 14.4. The minimum atomic E-state index is -0.0641. The highest BCUT2D eigenvalue weighted by atomic mass is 16.7. The predicted octanol–water partition coefficient (Wildman–Crippen LogP) is 3.36. The monoisotopic (exact) mass is 214 g/mol. The summed E-state index contributed by atoms with van der Waals surface area (Å²) in [6.45, 7) is 0.815. The highest BCUT2D eigenvalue weighted by Crippen LogP contribution is 2.27. The fraction of sp³-hybridized carbons (Fsp3) is 0.286. The van der Waals surface area contributed by atoms with Gasteiger partial charge in [0.1, 0.15) is 5.75 Å². The minimum absolute atomic E-state index is 0.0641. The Morgan fingerprint density at radius 3 is 2.81 bits per heavy atom. The molecule has 0 radical (unpaired) electrons. The molecule has 0 saturated carbocycles. The van der Waals surface area contributed by atoms with Crippen molar-refractivity contribution in [2.45, 2.75) is 19.1 Å². The summed E-state index contributed by atoms with van der Waals surface area (Å²) < 4.78 is 11.3. The van der Waals surface area contributed by atoms with Crippen LogP contribution in [0.5, 0.6) is 5.75 Å². The molecule has 82 valence electrons. The van der Waals surface area contributed by atoms with Crippen LogP contribution in [0, 0.1) is 0 Å². The Kier molecular flexibility index (Phi) is 2.50. The second kappa shape index (κ2) is 4.14. The maximum absolute atomic E-state index is 5.87. The highest BCUT2D eigenvalue weighted by Gasteiger charge is 2.17. The summed E-state index contributed by atoms with van der Waals surface area (Å²) in [6.07, 6.45) is 2.02. The molecular formula is C14H14O2. The van der Waals surface area contributed by atoms with Crippen LogP contribution in [-0.2, 0) is 4.74 Å². The first-order chi connectivity index (χ1) is 7.93. The van der Waals surface area contributed by atoms with Gasteiger partial charge in [-0.05, 0) is 17.9 Å². The molecule has 2 aromatic rings. The summed E-state index contributed by atoms with van der Waals surface area (Å²) in [5, 5.41) is 2.36. The molecule has 2 nitrogen and oxygen atoms in total. The average Bonchev–Trinajstić information content (AvgIpc) is 2.82. The third kappa shape index (κ3) is 1.76. The van der Waals surface area contributed by atoms with Crippen molar-refractivity contribution in [3.63, 3.8) is 0 Å². The van der Waals surface area contributed by atoms with Gasteiger partial charge in [-0.25, -0.2) is 0 Å². The molecule has 0 aromatic heterocycles. The van der Waals surface area contributed by atoms with Gasteiger partial charge in [0.05, 0.1) is 6.61 Å². The largest absolute Gasteiger partial charge is 0.464 e. The van der Waals surface area contributed by atoms with Crippen molar-refractivity contribution in [1.29, 1.82) is 0 Å². The van der Waals surface area contributed by atoms with Crippen molar-refractivity contribution in [3.05, 3.63) is 42.5 Å². The second-order valence-corrected chi connectivity index (χ2v) is 4.04. The van der Waals surface area contributed by atoms with Gasteiger partial charge in [0.25, 0.3) is 0 Å². The zero-order chi connectivity index (χ0) is 10.8. The fourth-order valence-corrected chi connectivity index (χ4v) is 2.08. The number of benzene rings is 2. The molecule has 1 atom stereocenters. The lowest BCUT2D eigenvalue weighted by Gasteiger charge is -2.14. The van der Waals surface area contributed by atoms with E-state index in [4.69, 9.17) is 9.47 Å². The smallest absolute Gasteiger partial charge is 0.199 e. The van der Waals surface area contributed by atoms with Crippen molar-refractivity contribution in [3.8, 4) is 5.75 Å². The number of ether oxygens (including phenoxy) is 2. The number of fused-ring (bicyclic) bond motifs is 1. The summed E-state index contributed by atoms with van der Waals surface area (Å²) in [5.74, 6) is 0.921. The molecule has 2 heteroatoms. The van der Waals surface area contributed by atoms with Crippen molar-refractivity contribution in [1.82, 2.24) is 0 Å². The molecule has 16 heavy (non-hydrogen) atoms. The molecule has 0 amide bonds. The first-order valence-corrected chi connectivity index (χ1v) is 5.69. The van der Waals surface area contributed by atoms with E-state index in [-0.39, 0.29) is 6.29 Å². The summed E-state index contributed by atoms with van der Waals surface area (Å²) in [5.41, 5.74) is 0. The lowest BCUT2D eigenvalue weighted by atomic mass is 10.1. The van der Waals surface area contributed by atoms with Crippen LogP contribution < -0.4 is 4.74 Å². The number of rotatable bonds is 2. The van der Waals surface area contributed by atoms with E-state index >= 15 is 0 Å². The van der Waals surface area contributed by atoms with E-state index in [9.17, 15) is 0 Å². The van der Waals surface area contributed by atoms with Crippen LogP contribution in [-0.4, -0.2) is 12.9 Å². The molecular weight excluding hydrogens is 200 g/mol. The Balaban J connectivity index is 1.96. The van der Waals surface area contributed by atoms with E-state index in [1.165, 1.54) is 5.39 Å². The SMILES string of the molecule is c1ccc2c(OC3CCCO3)cccc2c1. The molecule has 0 N–H and O–H groups in total. The Hall–Kier alpha value is -1.54. The maximum atomic E-state index is 5.87. The molecule has 1 heterocycles. The molecule has 1 saturated heterocycles. The Morgan fingerprint density at radius 1 is 1.06 bits per heavy atom. The molecule has 2 aromatic carbocycles. The van der Waals surface area contributed by atoms with E-state index in [0.717, 1.165) is 30.6 Å². The first kappa shape index (κ1) is 9.67. The van der Waals surface area contributed by atoms with Crippen LogP contribution in [0.2, 0.25) is 0 Å². The lowest BCUT2D eigenvalue weighted by molar-refractivity contribution is -0.0381. The fourth-order valence-electron chi connectivity index (χ4n) is 2.08. The van der Waals surface area contributed by atoms with Crippen LogP contribution in [0.1, 0.15) is 12.8 Å². The van der Waals surface area contributed by atoms with E-state index in [0.29, 0.717) is 0 Å². The molecule has 1 unspecified atom stereocenters. The standard InChI is InChI=1S/C14H14O2/c1-2-7-12-11(5-1)6-3-8-13(12)16-14-9-4-10-15-14/h1-3,5-8,14H,4,9-10H2. The van der Waals surface area contributed by atoms with E-state index < -0.39 is 0 Å². The Labute approximate surface area is 94.8 Å².